The van der Waals surface area contributed by atoms with Crippen LogP contribution in [0, 0.1) is 5.41 Å². The van der Waals surface area contributed by atoms with E-state index in [4.69, 9.17) is 5.41 Å². The first-order valence-corrected chi connectivity index (χ1v) is 7.42. The van der Waals surface area contributed by atoms with E-state index in [0.717, 1.165) is 19.1 Å². The molecule has 3 rings (SSSR count). The van der Waals surface area contributed by atoms with Gasteiger partial charge in [0.25, 0.3) is 5.56 Å². The molecule has 2 heterocycles. The zero-order valence-corrected chi connectivity index (χ0v) is 12.1. The Hall–Kier alpha value is -1.73. The van der Waals surface area contributed by atoms with E-state index in [9.17, 15) is 9.90 Å². The predicted octanol–water partition coefficient (Wildman–Crippen LogP) is 0.469. The maximum absolute atomic E-state index is 12.1. The lowest BCUT2D eigenvalue weighted by Gasteiger charge is -2.39. The Morgan fingerprint density at radius 3 is 2.76 bits per heavy atom. The second kappa shape index (κ2) is 5.57. The molecule has 21 heavy (non-hydrogen) atoms. The second-order valence-corrected chi connectivity index (χ2v) is 5.91. The Bertz CT molecular complexity index is 590. The van der Waals surface area contributed by atoms with Crippen LogP contribution in [0.15, 0.2) is 4.79 Å². The van der Waals surface area contributed by atoms with Crippen LogP contribution in [-0.4, -0.2) is 51.4 Å². The van der Waals surface area contributed by atoms with Crippen molar-refractivity contribution < 1.29 is 5.11 Å². The molecule has 0 aromatic carbocycles. The summed E-state index contributed by atoms with van der Waals surface area (Å²) in [6.07, 6.45) is 4.11. The van der Waals surface area contributed by atoms with Gasteiger partial charge in [-0.3, -0.25) is 9.69 Å². The van der Waals surface area contributed by atoms with E-state index in [1.54, 1.807) is 0 Å². The van der Waals surface area contributed by atoms with E-state index < -0.39 is 0 Å². The Morgan fingerprint density at radius 1 is 1.52 bits per heavy atom. The third kappa shape index (κ3) is 2.71. The number of aliphatic hydroxyl groups is 1. The lowest BCUT2D eigenvalue weighted by atomic mass is 9.93. The minimum absolute atomic E-state index is 0.0529. The number of aromatic nitrogens is 2. The minimum Gasteiger partial charge on any atom is -0.390 e. The number of nitrogens with one attached hydrogen (secondary N) is 3. The second-order valence-electron chi connectivity index (χ2n) is 5.91. The van der Waals surface area contributed by atoms with Crippen molar-refractivity contribution in [2.24, 2.45) is 0 Å². The highest BCUT2D eigenvalue weighted by molar-refractivity contribution is 5.83. The van der Waals surface area contributed by atoms with Crippen LogP contribution in [0.25, 0.3) is 0 Å². The van der Waals surface area contributed by atoms with E-state index in [0.29, 0.717) is 30.8 Å². The number of hydrogen-bond acceptors (Lipinski definition) is 6. The van der Waals surface area contributed by atoms with Gasteiger partial charge in [-0.1, -0.05) is 0 Å². The van der Waals surface area contributed by atoms with Gasteiger partial charge >= 0.3 is 0 Å². The van der Waals surface area contributed by atoms with Gasteiger partial charge in [0.05, 0.1) is 17.7 Å². The van der Waals surface area contributed by atoms with E-state index in [-0.39, 0.29) is 23.3 Å². The monoisotopic (exact) mass is 291 g/mol. The van der Waals surface area contributed by atoms with Crippen molar-refractivity contribution in [3.8, 4) is 0 Å². The molecule has 1 saturated carbocycles. The molecule has 0 spiro atoms. The normalized spacial score (nSPS) is 21.4. The molecule has 1 unspecified atom stereocenters. The van der Waals surface area contributed by atoms with Crippen molar-refractivity contribution in [2.75, 3.05) is 18.4 Å². The number of β-amino-alcohol motifs (C(OH)–C–C–N with tert-alkyl or cyclic N) is 1. The quantitative estimate of drug-likeness (QED) is 0.590. The lowest BCUT2D eigenvalue weighted by molar-refractivity contribution is -0.0230. The zero-order valence-electron chi connectivity index (χ0n) is 12.1. The molecule has 0 radical (unpaired) electrons. The summed E-state index contributed by atoms with van der Waals surface area (Å²) in [5.41, 5.74) is -0.00811. The fourth-order valence-electron chi connectivity index (χ4n) is 2.66. The molecule has 1 aromatic heterocycles. The topological polar surface area (TPSA) is 105 Å². The predicted molar refractivity (Wildman–Crippen MR) is 80.0 cm³/mol. The number of anilines is 1. The largest absolute Gasteiger partial charge is 0.390 e. The van der Waals surface area contributed by atoms with Gasteiger partial charge in [0, 0.05) is 25.3 Å². The third-order valence-electron chi connectivity index (χ3n) is 4.40. The van der Waals surface area contributed by atoms with Gasteiger partial charge in [-0.2, -0.15) is 0 Å². The smallest absolute Gasteiger partial charge is 0.261 e. The Morgan fingerprint density at radius 2 is 2.24 bits per heavy atom. The molecular formula is C14H21N5O2. The molecule has 7 nitrogen and oxygen atoms in total. The highest BCUT2D eigenvalue weighted by Crippen LogP contribution is 2.26. The Kier molecular flexibility index (Phi) is 3.77. The van der Waals surface area contributed by atoms with Crippen LogP contribution in [0.5, 0.6) is 0 Å². The van der Waals surface area contributed by atoms with Crippen molar-refractivity contribution in [3.63, 3.8) is 0 Å². The van der Waals surface area contributed by atoms with Gasteiger partial charge < -0.3 is 20.8 Å². The maximum Gasteiger partial charge on any atom is 0.261 e. The first-order valence-electron chi connectivity index (χ1n) is 7.42. The Balaban J connectivity index is 1.86. The van der Waals surface area contributed by atoms with Crippen LogP contribution in [0.4, 0.5) is 5.82 Å². The number of aromatic amines is 1. The van der Waals surface area contributed by atoms with Crippen LogP contribution < -0.4 is 10.9 Å². The molecule has 1 aliphatic heterocycles. The van der Waals surface area contributed by atoms with Crippen LogP contribution in [0.3, 0.4) is 0 Å². The van der Waals surface area contributed by atoms with Crippen LogP contribution >= 0.6 is 0 Å². The molecule has 4 N–H and O–H groups in total. The molecular weight excluding hydrogens is 270 g/mol. The summed E-state index contributed by atoms with van der Waals surface area (Å²) >= 11 is 0. The van der Waals surface area contributed by atoms with Gasteiger partial charge in [-0.25, -0.2) is 4.98 Å². The van der Waals surface area contributed by atoms with Crippen molar-refractivity contribution in [2.45, 2.75) is 44.4 Å². The number of rotatable bonds is 5. The van der Waals surface area contributed by atoms with Crippen LogP contribution in [-0.2, 0) is 0 Å². The summed E-state index contributed by atoms with van der Waals surface area (Å²) in [7, 11) is 0. The van der Waals surface area contributed by atoms with Crippen LogP contribution in [0.1, 0.15) is 43.6 Å². The van der Waals surface area contributed by atoms with Crippen LogP contribution in [0.2, 0.25) is 0 Å². The van der Waals surface area contributed by atoms with Crippen molar-refractivity contribution in [3.05, 3.63) is 21.7 Å². The lowest BCUT2D eigenvalue weighted by Crippen LogP contribution is -2.52. The Labute approximate surface area is 122 Å². The highest BCUT2D eigenvalue weighted by Gasteiger charge is 2.31. The number of aliphatic hydroxyl groups excluding tert-OH is 1. The van der Waals surface area contributed by atoms with Gasteiger partial charge in [-0.15, -0.1) is 0 Å². The highest BCUT2D eigenvalue weighted by atomic mass is 16.3. The van der Waals surface area contributed by atoms with E-state index in [1.165, 1.54) is 6.42 Å². The molecule has 1 saturated heterocycles. The van der Waals surface area contributed by atoms with Crippen molar-refractivity contribution in [1.29, 1.82) is 5.41 Å². The fraction of sp³-hybridized carbons (Fsp3) is 0.643. The SMILES string of the molecule is CC(c1nc(NC2CCC2)c(C=N)c(=O)[nH]1)N1CC(O)C1. The van der Waals surface area contributed by atoms with Crippen molar-refractivity contribution >= 4 is 12.0 Å². The number of hydrogen-bond donors (Lipinski definition) is 4. The standard InChI is InChI=1S/C14H21N5O2/c1-8(19-6-10(20)7-19)12-17-13(16-9-3-2-4-9)11(5-15)14(21)18-12/h5,8-10,15,20H,2-4,6-7H2,1H3,(H2,16,17,18,21). The summed E-state index contributed by atoms with van der Waals surface area (Å²) in [5, 5.41) is 20.1. The van der Waals surface area contributed by atoms with Gasteiger partial charge in [0.1, 0.15) is 11.6 Å². The third-order valence-corrected chi connectivity index (χ3v) is 4.40. The molecule has 1 aromatic rings. The molecule has 1 atom stereocenters. The van der Waals surface area contributed by atoms with Gasteiger partial charge in [0.15, 0.2) is 0 Å². The molecule has 114 valence electrons. The van der Waals surface area contributed by atoms with Gasteiger partial charge in [0.2, 0.25) is 0 Å². The average Bonchev–Trinajstić information content (AvgIpc) is 2.38. The van der Waals surface area contributed by atoms with E-state index in [2.05, 4.69) is 20.2 Å². The summed E-state index contributed by atoms with van der Waals surface area (Å²) in [4.78, 5) is 21.5. The maximum atomic E-state index is 12.1. The van der Waals surface area contributed by atoms with Crippen molar-refractivity contribution in [1.82, 2.24) is 14.9 Å². The van der Waals surface area contributed by atoms with E-state index >= 15 is 0 Å². The number of H-pyrrole nitrogens is 1. The zero-order chi connectivity index (χ0) is 15.0. The first kappa shape index (κ1) is 14.2. The summed E-state index contributed by atoms with van der Waals surface area (Å²) < 4.78 is 0. The molecule has 0 amide bonds. The molecule has 0 bridgehead atoms. The minimum atomic E-state index is -0.287. The molecule has 2 fully saturated rings. The molecule has 7 heteroatoms. The number of likely N-dealkylation sites (tertiary alicyclic amines) is 1. The number of nitrogens with zero attached hydrogens (tertiary/aromatic N) is 2. The first-order chi connectivity index (χ1) is 10.1. The average molecular weight is 291 g/mol. The van der Waals surface area contributed by atoms with Gasteiger partial charge in [-0.05, 0) is 26.2 Å². The summed E-state index contributed by atoms with van der Waals surface area (Å²) in [6, 6.07) is 0.301. The van der Waals surface area contributed by atoms with E-state index in [1.807, 2.05) is 6.92 Å². The molecule has 2 aliphatic rings. The molecule has 1 aliphatic carbocycles. The summed E-state index contributed by atoms with van der Waals surface area (Å²) in [6.45, 7) is 3.16. The fourth-order valence-corrected chi connectivity index (χ4v) is 2.66. The summed E-state index contributed by atoms with van der Waals surface area (Å²) in [5.74, 6) is 1.08.